The van der Waals surface area contributed by atoms with Gasteiger partial charge in [-0.3, -0.25) is 14.6 Å². The monoisotopic (exact) mass is 411 g/mol. The van der Waals surface area contributed by atoms with Crippen LogP contribution in [-0.4, -0.2) is 42.9 Å². The largest absolute Gasteiger partial charge is 0.331 e. The molecule has 2 heterocycles. The summed E-state index contributed by atoms with van der Waals surface area (Å²) in [6.07, 6.45) is 6.89. The normalized spacial score (nSPS) is 18.1. The summed E-state index contributed by atoms with van der Waals surface area (Å²) < 4.78 is 1.91. The topological polar surface area (TPSA) is 66.8 Å². The van der Waals surface area contributed by atoms with Crippen LogP contribution in [0.5, 0.6) is 0 Å². The van der Waals surface area contributed by atoms with Crippen LogP contribution in [0.15, 0.2) is 60.8 Å². The molecule has 4 aromatic rings. The van der Waals surface area contributed by atoms with E-state index in [1.54, 1.807) is 0 Å². The number of amides is 1. The lowest BCUT2D eigenvalue weighted by molar-refractivity contribution is 0.0632. The zero-order valence-electron chi connectivity index (χ0n) is 17.4. The van der Waals surface area contributed by atoms with Crippen molar-refractivity contribution in [2.45, 2.75) is 50.7 Å². The van der Waals surface area contributed by atoms with Gasteiger partial charge in [-0.2, -0.15) is 10.2 Å². The van der Waals surface area contributed by atoms with E-state index in [0.29, 0.717) is 18.3 Å². The van der Waals surface area contributed by atoms with Crippen LogP contribution in [0, 0.1) is 0 Å². The molecule has 0 bridgehead atoms. The fourth-order valence-electron chi connectivity index (χ4n) is 4.92. The number of fused-ring (bicyclic) bond motifs is 2. The fraction of sp³-hybridized carbons (Fsp3) is 0.320. The second-order valence-electron chi connectivity index (χ2n) is 8.72. The number of hydrogen-bond acceptors (Lipinski definition) is 3. The summed E-state index contributed by atoms with van der Waals surface area (Å²) in [7, 11) is 0. The van der Waals surface area contributed by atoms with Crippen LogP contribution in [-0.2, 0) is 19.4 Å². The van der Waals surface area contributed by atoms with Crippen molar-refractivity contribution in [1.29, 1.82) is 0 Å². The predicted molar refractivity (Wildman–Crippen MR) is 119 cm³/mol. The van der Waals surface area contributed by atoms with E-state index in [4.69, 9.17) is 5.10 Å². The van der Waals surface area contributed by atoms with E-state index in [1.807, 2.05) is 53.3 Å². The molecule has 6 rings (SSSR count). The molecular formula is C25H25N5O. The lowest BCUT2D eigenvalue weighted by Gasteiger charge is -2.34. The van der Waals surface area contributed by atoms with Gasteiger partial charge in [-0.25, -0.2) is 0 Å². The highest BCUT2D eigenvalue weighted by Crippen LogP contribution is 2.35. The summed E-state index contributed by atoms with van der Waals surface area (Å²) >= 11 is 0. The molecule has 2 aliphatic carbocycles. The number of aryl methyl sites for hydroxylation is 1. The van der Waals surface area contributed by atoms with Crippen molar-refractivity contribution in [2.24, 2.45) is 0 Å². The van der Waals surface area contributed by atoms with Gasteiger partial charge in [0.05, 0.1) is 18.3 Å². The van der Waals surface area contributed by atoms with Crippen molar-refractivity contribution in [3.63, 3.8) is 0 Å². The Morgan fingerprint density at radius 2 is 1.84 bits per heavy atom. The van der Waals surface area contributed by atoms with Crippen molar-refractivity contribution >= 4 is 16.8 Å². The summed E-state index contributed by atoms with van der Waals surface area (Å²) in [5, 5.41) is 13.1. The van der Waals surface area contributed by atoms with E-state index < -0.39 is 0 Å². The Balaban J connectivity index is 1.40. The minimum absolute atomic E-state index is 0.115. The van der Waals surface area contributed by atoms with Crippen LogP contribution in [0.3, 0.4) is 0 Å². The van der Waals surface area contributed by atoms with E-state index in [0.717, 1.165) is 48.6 Å². The number of carbonyl (C=O) groups excluding carboxylic acids is 1. The molecule has 1 fully saturated rings. The lowest BCUT2D eigenvalue weighted by atomic mass is 9.92. The second-order valence-corrected chi connectivity index (χ2v) is 8.72. The number of benzene rings is 2. The maximum Gasteiger partial charge on any atom is 0.273 e. The molecule has 0 spiro atoms. The minimum atomic E-state index is 0.115. The highest BCUT2D eigenvalue weighted by molar-refractivity contribution is 6.05. The van der Waals surface area contributed by atoms with Gasteiger partial charge < -0.3 is 4.90 Å². The van der Waals surface area contributed by atoms with Crippen LogP contribution in [0.4, 0.5) is 0 Å². The molecule has 2 aromatic heterocycles. The van der Waals surface area contributed by atoms with Crippen LogP contribution in [0.25, 0.3) is 10.9 Å². The summed E-state index contributed by atoms with van der Waals surface area (Å²) in [4.78, 5) is 16.3. The predicted octanol–water partition coefficient (Wildman–Crippen LogP) is 3.97. The van der Waals surface area contributed by atoms with Crippen LogP contribution in [0.1, 0.15) is 46.6 Å². The third-order valence-corrected chi connectivity index (χ3v) is 6.58. The molecular weight excluding hydrogens is 386 g/mol. The van der Waals surface area contributed by atoms with E-state index in [-0.39, 0.29) is 11.9 Å². The molecule has 0 aliphatic heterocycles. The van der Waals surface area contributed by atoms with E-state index >= 15 is 0 Å². The van der Waals surface area contributed by atoms with Crippen LogP contribution >= 0.6 is 0 Å². The fourth-order valence-corrected chi connectivity index (χ4v) is 4.92. The number of carbonyl (C=O) groups is 1. The van der Waals surface area contributed by atoms with Crippen molar-refractivity contribution in [1.82, 2.24) is 24.9 Å². The Hall–Kier alpha value is -3.41. The first kappa shape index (κ1) is 18.4. The molecule has 1 amide bonds. The van der Waals surface area contributed by atoms with Gasteiger partial charge in [-0.15, -0.1) is 0 Å². The van der Waals surface area contributed by atoms with Crippen LogP contribution in [0.2, 0.25) is 0 Å². The Kier molecular flexibility index (Phi) is 4.37. The van der Waals surface area contributed by atoms with E-state index in [2.05, 4.69) is 27.2 Å². The molecule has 2 aromatic carbocycles. The number of H-pyrrole nitrogens is 1. The molecule has 6 nitrogen and oxygen atoms in total. The van der Waals surface area contributed by atoms with E-state index in [9.17, 15) is 4.79 Å². The number of aromatic amines is 1. The number of aromatic nitrogens is 4. The minimum Gasteiger partial charge on any atom is -0.331 e. The first-order chi connectivity index (χ1) is 15.3. The van der Waals surface area contributed by atoms with Gasteiger partial charge >= 0.3 is 0 Å². The third kappa shape index (κ3) is 3.32. The molecule has 0 saturated heterocycles. The average molecular weight is 412 g/mol. The van der Waals surface area contributed by atoms with Gasteiger partial charge in [0.25, 0.3) is 5.91 Å². The van der Waals surface area contributed by atoms with Gasteiger partial charge in [-0.05, 0) is 49.3 Å². The molecule has 1 N–H and O–H groups in total. The zero-order chi connectivity index (χ0) is 20.8. The smallest absolute Gasteiger partial charge is 0.273 e. The Morgan fingerprint density at radius 3 is 2.68 bits per heavy atom. The standard InChI is InChI=1S/C25H25N5O/c31-25(30(19-10-11-19)20-12-13-22-18(14-20)15-26-27-22)24-21-8-4-5-9-23(21)28-29(24)16-17-6-2-1-3-7-17/h1-9,15,19-20H,10-14,16H2,(H,26,27). The third-order valence-electron chi connectivity index (χ3n) is 6.58. The van der Waals surface area contributed by atoms with Crippen molar-refractivity contribution in [3.05, 3.63) is 83.3 Å². The van der Waals surface area contributed by atoms with Crippen molar-refractivity contribution in [2.75, 3.05) is 0 Å². The van der Waals surface area contributed by atoms with Gasteiger partial charge in [0.1, 0.15) is 5.69 Å². The number of nitrogens with one attached hydrogen (secondary N) is 1. The molecule has 0 radical (unpaired) electrons. The van der Waals surface area contributed by atoms with Gasteiger partial charge in [0, 0.05) is 23.2 Å². The number of nitrogens with zero attached hydrogens (tertiary/aromatic N) is 4. The number of hydrogen-bond donors (Lipinski definition) is 1. The summed E-state index contributed by atoms with van der Waals surface area (Å²) in [5.41, 5.74) is 5.20. The summed E-state index contributed by atoms with van der Waals surface area (Å²) in [6, 6.07) is 18.8. The summed E-state index contributed by atoms with van der Waals surface area (Å²) in [6.45, 7) is 0.589. The maximum absolute atomic E-state index is 14.1. The molecule has 2 aliphatic rings. The average Bonchev–Trinajstić information content (AvgIpc) is 3.39. The van der Waals surface area contributed by atoms with Crippen molar-refractivity contribution < 1.29 is 4.79 Å². The lowest BCUT2D eigenvalue weighted by Crippen LogP contribution is -2.45. The van der Waals surface area contributed by atoms with Crippen LogP contribution < -0.4 is 0 Å². The summed E-state index contributed by atoms with van der Waals surface area (Å²) in [5.74, 6) is 0.115. The Bertz CT molecular complexity index is 1240. The molecule has 31 heavy (non-hydrogen) atoms. The van der Waals surface area contributed by atoms with Gasteiger partial charge in [0.2, 0.25) is 0 Å². The van der Waals surface area contributed by atoms with Gasteiger partial charge in [0.15, 0.2) is 0 Å². The van der Waals surface area contributed by atoms with Crippen molar-refractivity contribution in [3.8, 4) is 0 Å². The highest BCUT2D eigenvalue weighted by atomic mass is 16.2. The molecule has 156 valence electrons. The maximum atomic E-state index is 14.1. The quantitative estimate of drug-likeness (QED) is 0.540. The SMILES string of the molecule is O=C(c1c2ccccc2nn1Cc1ccccc1)N(C1CC1)C1CCc2[nH]ncc2C1. The Labute approximate surface area is 180 Å². The first-order valence-electron chi connectivity index (χ1n) is 11.1. The Morgan fingerprint density at radius 1 is 1.03 bits per heavy atom. The first-order valence-corrected chi connectivity index (χ1v) is 11.1. The molecule has 1 saturated carbocycles. The molecule has 6 heteroatoms. The highest BCUT2D eigenvalue weighted by Gasteiger charge is 2.40. The molecule has 1 unspecified atom stereocenters. The number of rotatable bonds is 5. The second kappa shape index (κ2) is 7.38. The van der Waals surface area contributed by atoms with Gasteiger partial charge in [-0.1, -0.05) is 48.5 Å². The zero-order valence-corrected chi connectivity index (χ0v) is 17.4. The molecule has 1 atom stereocenters. The van der Waals surface area contributed by atoms with E-state index in [1.165, 1.54) is 11.3 Å².